The second-order valence-corrected chi connectivity index (χ2v) is 8.24. The highest BCUT2D eigenvalue weighted by Crippen LogP contribution is 2.38. The maximum Gasteiger partial charge on any atom is 0.416 e. The zero-order valence-corrected chi connectivity index (χ0v) is 16.8. The summed E-state index contributed by atoms with van der Waals surface area (Å²) in [5, 5.41) is 9.64. The number of carbonyl (C=O) groups excluding carboxylic acids is 2. The van der Waals surface area contributed by atoms with E-state index >= 15 is 0 Å². The minimum Gasteiger partial charge on any atom is -0.461 e. The predicted octanol–water partition coefficient (Wildman–Crippen LogP) is 4.37. The maximum atomic E-state index is 13.0. The van der Waals surface area contributed by atoms with Crippen LogP contribution in [0.4, 0.5) is 26.3 Å². The molecule has 1 aromatic carbocycles. The molecule has 31 heavy (non-hydrogen) atoms. The minimum atomic E-state index is -5.04. The number of cyclic esters (lactones) is 1. The summed E-state index contributed by atoms with van der Waals surface area (Å²) in [5.74, 6) is -1.70. The number of aliphatic hydroxyl groups is 1. The molecule has 0 amide bonds. The number of alkyl halides is 6. The van der Waals surface area contributed by atoms with Crippen molar-refractivity contribution in [1.29, 1.82) is 0 Å². The molecule has 0 saturated carbocycles. The van der Waals surface area contributed by atoms with Gasteiger partial charge in [0.05, 0.1) is 23.1 Å². The molecule has 2 rings (SSSR count). The normalized spacial score (nSPS) is 21.4. The highest BCUT2D eigenvalue weighted by molar-refractivity contribution is 5.96. The van der Waals surface area contributed by atoms with Crippen LogP contribution in [-0.4, -0.2) is 35.9 Å². The Bertz CT molecular complexity index is 863. The van der Waals surface area contributed by atoms with E-state index in [-0.39, 0.29) is 18.1 Å². The smallest absolute Gasteiger partial charge is 0.416 e. The molecule has 1 aliphatic rings. The standard InChI is InChI=1S/C20H20F6O5/c1-17(2,3)16(29)30-10-18(9-27)8-12(15(28)31-18)4-11-5-13(19(21,22)23)7-14(6-11)20(24,25)26/h4-7,27H,8-10H2,1-3H3/b12-4-. The van der Waals surface area contributed by atoms with Crippen molar-refractivity contribution >= 4 is 18.0 Å². The number of halogens is 6. The van der Waals surface area contributed by atoms with Gasteiger partial charge in [-0.05, 0) is 50.6 Å². The van der Waals surface area contributed by atoms with Gasteiger partial charge in [-0.3, -0.25) is 4.79 Å². The number of esters is 2. The van der Waals surface area contributed by atoms with Gasteiger partial charge in [0, 0.05) is 12.0 Å². The van der Waals surface area contributed by atoms with Gasteiger partial charge in [0.2, 0.25) is 0 Å². The average molecular weight is 454 g/mol. The second-order valence-electron chi connectivity index (χ2n) is 8.24. The molecule has 1 N–H and O–H groups in total. The Balaban J connectivity index is 2.37. The van der Waals surface area contributed by atoms with Gasteiger partial charge in [0.25, 0.3) is 0 Å². The first kappa shape index (κ1) is 24.7. The van der Waals surface area contributed by atoms with Crippen molar-refractivity contribution < 1.29 is 50.5 Å². The van der Waals surface area contributed by atoms with E-state index in [1.54, 1.807) is 20.8 Å². The fourth-order valence-electron chi connectivity index (χ4n) is 2.72. The van der Waals surface area contributed by atoms with Crippen molar-refractivity contribution in [1.82, 2.24) is 0 Å². The molecule has 0 aliphatic carbocycles. The highest BCUT2D eigenvalue weighted by atomic mass is 19.4. The van der Waals surface area contributed by atoms with Crippen molar-refractivity contribution in [2.24, 2.45) is 5.41 Å². The van der Waals surface area contributed by atoms with Gasteiger partial charge in [-0.25, -0.2) is 4.79 Å². The molecule has 1 heterocycles. The first-order valence-electron chi connectivity index (χ1n) is 8.98. The second kappa shape index (κ2) is 8.18. The van der Waals surface area contributed by atoms with Gasteiger partial charge in [-0.15, -0.1) is 0 Å². The molecule has 1 aliphatic heterocycles. The fourth-order valence-corrected chi connectivity index (χ4v) is 2.72. The van der Waals surface area contributed by atoms with Crippen LogP contribution < -0.4 is 0 Å². The lowest BCUT2D eigenvalue weighted by Crippen LogP contribution is -2.40. The van der Waals surface area contributed by atoms with Crippen molar-refractivity contribution in [3.63, 3.8) is 0 Å². The van der Waals surface area contributed by atoms with Gasteiger partial charge in [-0.1, -0.05) is 0 Å². The Morgan fingerprint density at radius 1 is 1.10 bits per heavy atom. The summed E-state index contributed by atoms with van der Waals surface area (Å²) in [6, 6.07) is 0.904. The summed E-state index contributed by atoms with van der Waals surface area (Å²) >= 11 is 0. The molecule has 0 bridgehead atoms. The topological polar surface area (TPSA) is 72.8 Å². The Morgan fingerprint density at radius 2 is 1.61 bits per heavy atom. The third kappa shape index (κ3) is 5.99. The maximum absolute atomic E-state index is 13.0. The van der Waals surface area contributed by atoms with E-state index in [2.05, 4.69) is 0 Å². The van der Waals surface area contributed by atoms with E-state index in [0.717, 1.165) is 6.08 Å². The Kier molecular flexibility index (Phi) is 6.52. The van der Waals surface area contributed by atoms with Crippen molar-refractivity contribution in [3.8, 4) is 0 Å². The number of aliphatic hydroxyl groups excluding tert-OH is 1. The van der Waals surface area contributed by atoms with Crippen LogP contribution in [-0.2, 0) is 31.4 Å². The molecule has 11 heteroatoms. The average Bonchev–Trinajstić information content (AvgIpc) is 2.93. The number of hydrogen-bond donors (Lipinski definition) is 1. The van der Waals surface area contributed by atoms with E-state index < -0.39 is 65.2 Å². The SMILES string of the molecule is CC(C)(C)C(=O)OCC1(CO)C/C(=C/c2cc(C(F)(F)F)cc(C(F)(F)F)c2)C(=O)O1. The number of hydrogen-bond acceptors (Lipinski definition) is 5. The van der Waals surface area contributed by atoms with Crippen LogP contribution in [0.2, 0.25) is 0 Å². The van der Waals surface area contributed by atoms with Crippen molar-refractivity contribution in [2.45, 2.75) is 45.1 Å². The molecule has 172 valence electrons. The summed E-state index contributed by atoms with van der Waals surface area (Å²) in [4.78, 5) is 24.1. The van der Waals surface area contributed by atoms with Gasteiger partial charge in [0.15, 0.2) is 5.60 Å². The summed E-state index contributed by atoms with van der Waals surface area (Å²) in [7, 11) is 0. The first-order valence-corrected chi connectivity index (χ1v) is 8.98. The quantitative estimate of drug-likeness (QED) is 0.416. The Hall–Kier alpha value is -2.56. The van der Waals surface area contributed by atoms with E-state index in [9.17, 15) is 41.0 Å². The predicted molar refractivity (Wildman–Crippen MR) is 95.4 cm³/mol. The van der Waals surface area contributed by atoms with Crippen LogP contribution in [0.25, 0.3) is 6.08 Å². The Morgan fingerprint density at radius 3 is 2.03 bits per heavy atom. The zero-order valence-electron chi connectivity index (χ0n) is 16.8. The van der Waals surface area contributed by atoms with E-state index in [1.807, 2.05) is 0 Å². The monoisotopic (exact) mass is 454 g/mol. The lowest BCUT2D eigenvalue weighted by molar-refractivity contribution is -0.171. The molecule has 0 aromatic heterocycles. The van der Waals surface area contributed by atoms with Crippen LogP contribution >= 0.6 is 0 Å². The zero-order chi connectivity index (χ0) is 23.8. The van der Waals surface area contributed by atoms with E-state index in [4.69, 9.17) is 9.47 Å². The lowest BCUT2D eigenvalue weighted by atomic mass is 9.95. The van der Waals surface area contributed by atoms with Crippen LogP contribution in [0.5, 0.6) is 0 Å². The summed E-state index contributed by atoms with van der Waals surface area (Å²) in [6.07, 6.45) is -9.63. The fraction of sp³-hybridized carbons (Fsp3) is 0.500. The molecular weight excluding hydrogens is 434 g/mol. The molecule has 1 unspecified atom stereocenters. The van der Waals surface area contributed by atoms with Crippen LogP contribution in [0.3, 0.4) is 0 Å². The van der Waals surface area contributed by atoms with Gasteiger partial charge in [-0.2, -0.15) is 26.3 Å². The Labute approximate surface area is 173 Å². The number of rotatable bonds is 4. The van der Waals surface area contributed by atoms with Gasteiger partial charge in [0.1, 0.15) is 6.61 Å². The molecule has 1 aromatic rings. The van der Waals surface area contributed by atoms with Crippen LogP contribution in [0, 0.1) is 5.41 Å². The lowest BCUT2D eigenvalue weighted by Gasteiger charge is -2.26. The molecule has 1 fully saturated rings. The third-order valence-corrected chi connectivity index (χ3v) is 4.40. The summed E-state index contributed by atoms with van der Waals surface area (Å²) in [5.41, 5.74) is -6.42. The molecule has 5 nitrogen and oxygen atoms in total. The minimum absolute atomic E-state index is 0.0288. The van der Waals surface area contributed by atoms with Crippen molar-refractivity contribution in [2.75, 3.05) is 13.2 Å². The van der Waals surface area contributed by atoms with Crippen LogP contribution in [0.1, 0.15) is 43.9 Å². The summed E-state index contributed by atoms with van der Waals surface area (Å²) in [6.45, 7) is 3.40. The molecule has 0 radical (unpaired) electrons. The van der Waals surface area contributed by atoms with Crippen molar-refractivity contribution in [3.05, 3.63) is 40.5 Å². The summed E-state index contributed by atoms with van der Waals surface area (Å²) < 4.78 is 88.2. The van der Waals surface area contributed by atoms with E-state index in [1.165, 1.54) is 0 Å². The van der Waals surface area contributed by atoms with E-state index in [0.29, 0.717) is 12.1 Å². The van der Waals surface area contributed by atoms with Gasteiger partial charge >= 0.3 is 24.3 Å². The molecule has 1 saturated heterocycles. The molecule has 0 spiro atoms. The highest BCUT2D eigenvalue weighted by Gasteiger charge is 2.45. The third-order valence-electron chi connectivity index (χ3n) is 4.40. The number of ether oxygens (including phenoxy) is 2. The first-order chi connectivity index (χ1) is 14.0. The van der Waals surface area contributed by atoms with Crippen LogP contribution in [0.15, 0.2) is 23.8 Å². The molecule has 1 atom stereocenters. The largest absolute Gasteiger partial charge is 0.461 e. The van der Waals surface area contributed by atoms with Gasteiger partial charge < -0.3 is 14.6 Å². The molecular formula is C20H20F6O5. The number of benzene rings is 1. The number of carbonyl (C=O) groups is 2.